The number of amides is 5. The Balaban J connectivity index is 0.722. The molecular weight excluding hydrogens is 996 g/mol. The number of nitrogens with one attached hydrogen (secondary N) is 2. The minimum Gasteiger partial charge on any atom is -0.488 e. The maximum absolute atomic E-state index is 16.5. The molecule has 4 atom stereocenters. The Morgan fingerprint density at radius 2 is 1.65 bits per heavy atom. The van der Waals surface area contributed by atoms with Crippen molar-refractivity contribution < 1.29 is 51.3 Å². The van der Waals surface area contributed by atoms with Crippen LogP contribution >= 0.6 is 11.6 Å². The molecule has 4 aromatic carbocycles. The zero-order chi connectivity index (χ0) is 52.6. The standard InChI is InChI=1S/C55H59ClF4N8O7/c1-28-42-40(24-38(58)46(56)45(42)44-35(51(61)71)12-13-39(47(44)59)74-21-20-69)75-55(28,33-6-4-3-5-7-33)27-62-34-10-8-30(9-11-34)53(72)67-25-31-22-32(26-67)49(31)66-17-14-29(15-18-66)43-37(57)23-36-50(48(43)60)65(2)64-52(36)68-19-16-41(70)63-54(68)73/h3-7,12-13,23-24,28-32,34,49,62,69H,8-11,14-22,25-27H2,1-2H3,(H2,61,71)(H,63,70,73)/t28-,30?,31?,32?,34?,49?,55-/m0/s1. The quantitative estimate of drug-likeness (QED) is 0.0856. The fraction of sp³-hybridized carbons (Fsp3) is 0.473. The van der Waals surface area contributed by atoms with E-state index in [1.54, 1.807) is 7.05 Å². The fourth-order valence-corrected chi connectivity index (χ4v) is 13.7. The number of urea groups is 1. The molecule has 5 N–H and O–H groups in total. The first-order valence-corrected chi connectivity index (χ1v) is 26.3. The molecule has 2 saturated carbocycles. The normalized spacial score (nSPS) is 26.0. The number of aromatic nitrogens is 2. The molecule has 15 nitrogen and oxygen atoms in total. The largest absolute Gasteiger partial charge is 0.488 e. The lowest BCUT2D eigenvalue weighted by molar-refractivity contribution is -0.150. The highest BCUT2D eigenvalue weighted by Crippen LogP contribution is 2.57. The number of likely N-dealkylation sites (tertiary alicyclic amines) is 1. The van der Waals surface area contributed by atoms with Crippen LogP contribution in [-0.2, 0) is 22.2 Å². The van der Waals surface area contributed by atoms with E-state index >= 15 is 17.6 Å². The number of hydrogen-bond donors (Lipinski definition) is 4. The van der Waals surface area contributed by atoms with Gasteiger partial charge in [-0.25, -0.2) is 22.4 Å². The summed E-state index contributed by atoms with van der Waals surface area (Å²) in [5.74, 6) is -4.86. The Morgan fingerprint density at radius 3 is 2.33 bits per heavy atom. The van der Waals surface area contributed by atoms with Crippen LogP contribution in [0.4, 0.5) is 28.2 Å². The number of aliphatic hydroxyl groups is 1. The van der Waals surface area contributed by atoms with Gasteiger partial charge in [0, 0.05) is 91.9 Å². The zero-order valence-electron chi connectivity index (χ0n) is 41.7. The molecule has 2 aliphatic carbocycles. The van der Waals surface area contributed by atoms with Crippen LogP contribution in [0.5, 0.6) is 11.5 Å². The number of carbonyl (C=O) groups excluding carboxylic acids is 4. The van der Waals surface area contributed by atoms with Crippen molar-refractivity contribution in [3.63, 3.8) is 0 Å². The third kappa shape index (κ3) is 8.76. The van der Waals surface area contributed by atoms with Crippen molar-refractivity contribution in [2.75, 3.05) is 57.4 Å². The van der Waals surface area contributed by atoms with Crippen LogP contribution in [0.3, 0.4) is 0 Å². The van der Waals surface area contributed by atoms with Gasteiger partial charge in [-0.1, -0.05) is 48.9 Å². The first kappa shape index (κ1) is 50.9. The topological polar surface area (TPSA) is 185 Å². The molecule has 20 heteroatoms. The number of piperidine rings is 3. The second kappa shape index (κ2) is 20.0. The van der Waals surface area contributed by atoms with Gasteiger partial charge in [0.25, 0.3) is 0 Å². The highest BCUT2D eigenvalue weighted by Gasteiger charge is 2.53. The predicted molar refractivity (Wildman–Crippen MR) is 270 cm³/mol. The van der Waals surface area contributed by atoms with E-state index < -0.39 is 64.3 Å². The number of halogens is 5. The number of fused-ring (bicyclic) bond motifs is 4. The average molecular weight is 1060 g/mol. The number of primary amides is 1. The van der Waals surface area contributed by atoms with Crippen LogP contribution in [0.2, 0.25) is 5.02 Å². The number of ether oxygens (including phenoxy) is 2. The molecule has 6 heterocycles. The first-order valence-electron chi connectivity index (χ1n) is 25.9. The molecule has 396 valence electrons. The summed E-state index contributed by atoms with van der Waals surface area (Å²) in [7, 11) is 1.56. The molecule has 4 saturated heterocycles. The lowest BCUT2D eigenvalue weighted by Gasteiger charge is -2.58. The third-order valence-electron chi connectivity index (χ3n) is 17.1. The number of carbonyl (C=O) groups is 4. The van der Waals surface area contributed by atoms with Gasteiger partial charge in [-0.05, 0) is 99.6 Å². The van der Waals surface area contributed by atoms with Crippen molar-refractivity contribution >= 4 is 52.1 Å². The summed E-state index contributed by atoms with van der Waals surface area (Å²) in [6.07, 6.45) is 5.08. The van der Waals surface area contributed by atoms with Crippen LogP contribution in [0, 0.1) is 41.0 Å². The van der Waals surface area contributed by atoms with Gasteiger partial charge in [0.2, 0.25) is 17.7 Å². The van der Waals surface area contributed by atoms with Crippen LogP contribution < -0.4 is 30.7 Å². The highest BCUT2D eigenvalue weighted by atomic mass is 35.5. The Morgan fingerprint density at radius 1 is 0.933 bits per heavy atom. The lowest BCUT2D eigenvalue weighted by Crippen LogP contribution is -2.66. The highest BCUT2D eigenvalue weighted by molar-refractivity contribution is 6.34. The third-order valence-corrected chi connectivity index (χ3v) is 17.5. The first-order chi connectivity index (χ1) is 36.1. The molecule has 2 unspecified atom stereocenters. The van der Waals surface area contributed by atoms with E-state index in [2.05, 4.69) is 20.6 Å². The fourth-order valence-electron chi connectivity index (χ4n) is 13.4. The van der Waals surface area contributed by atoms with Crippen LogP contribution in [0.25, 0.3) is 22.0 Å². The van der Waals surface area contributed by atoms with Gasteiger partial charge < -0.3 is 30.5 Å². The minimum absolute atomic E-state index is 0.0246. The van der Waals surface area contributed by atoms with E-state index in [9.17, 15) is 24.3 Å². The predicted octanol–water partition coefficient (Wildman–Crippen LogP) is 7.63. The molecule has 5 aliphatic heterocycles. The SMILES string of the molecule is C[C@H]1c2c(cc(F)c(Cl)c2-c2c(C(N)=O)ccc(OCCO)c2F)O[C@]1(CNC1CCC(C(=O)N2CC3CC(C2)C3N2CCC(c3c(F)cc4c(N5CCC(=O)NC5=O)nn(C)c4c3F)CC2)CC1)c1ccccc1. The second-order valence-corrected chi connectivity index (χ2v) is 21.6. The Kier molecular flexibility index (Phi) is 13.6. The van der Waals surface area contributed by atoms with Gasteiger partial charge >= 0.3 is 6.03 Å². The van der Waals surface area contributed by atoms with Crippen molar-refractivity contribution in [1.29, 1.82) is 0 Å². The van der Waals surface area contributed by atoms with E-state index in [-0.39, 0.29) is 100 Å². The molecule has 75 heavy (non-hydrogen) atoms. The number of aliphatic hydroxyl groups excluding tert-OH is 1. The maximum atomic E-state index is 16.5. The number of rotatable bonds is 13. The molecule has 5 aromatic rings. The number of hydrogen-bond acceptors (Lipinski definition) is 10. The second-order valence-electron chi connectivity index (χ2n) is 21.2. The number of benzene rings is 4. The molecule has 7 aliphatic rings. The van der Waals surface area contributed by atoms with Crippen LogP contribution in [-0.4, -0.2) is 113 Å². The summed E-state index contributed by atoms with van der Waals surface area (Å²) in [4.78, 5) is 57.1. The smallest absolute Gasteiger partial charge is 0.329 e. The van der Waals surface area contributed by atoms with Crippen LogP contribution in [0.1, 0.15) is 97.2 Å². The monoisotopic (exact) mass is 1050 g/mol. The minimum atomic E-state index is -1.14. The molecule has 2 bridgehead atoms. The summed E-state index contributed by atoms with van der Waals surface area (Å²) < 4.78 is 78.3. The molecule has 5 amide bonds. The van der Waals surface area contributed by atoms with Gasteiger partial charge in [-0.15, -0.1) is 0 Å². The number of nitrogens with zero attached hydrogens (tertiary/aromatic N) is 5. The molecule has 1 aromatic heterocycles. The molecule has 6 fully saturated rings. The van der Waals surface area contributed by atoms with E-state index in [0.29, 0.717) is 75.3 Å². The van der Waals surface area contributed by atoms with Crippen molar-refractivity contribution in [1.82, 2.24) is 30.2 Å². The molecular formula is C55H59ClF4N8O7. The van der Waals surface area contributed by atoms with E-state index in [1.807, 2.05) is 42.2 Å². The number of anilines is 1. The molecule has 12 rings (SSSR count). The Hall–Kier alpha value is -6.28. The number of aryl methyl sites for hydroxylation is 1. The summed E-state index contributed by atoms with van der Waals surface area (Å²) in [6.45, 7) is 4.31. The van der Waals surface area contributed by atoms with Gasteiger partial charge in [-0.3, -0.25) is 34.2 Å². The lowest BCUT2D eigenvalue weighted by atomic mass is 9.64. The van der Waals surface area contributed by atoms with Gasteiger partial charge in [0.15, 0.2) is 28.8 Å². The Labute approximate surface area is 435 Å². The maximum Gasteiger partial charge on any atom is 0.329 e. The van der Waals surface area contributed by atoms with E-state index in [4.69, 9.17) is 26.8 Å². The summed E-state index contributed by atoms with van der Waals surface area (Å²) in [5, 5.41) is 19.5. The van der Waals surface area contributed by atoms with E-state index in [0.717, 1.165) is 24.8 Å². The van der Waals surface area contributed by atoms with Gasteiger partial charge in [0.1, 0.15) is 29.5 Å². The zero-order valence-corrected chi connectivity index (χ0v) is 42.4. The Bertz CT molecular complexity index is 3100. The summed E-state index contributed by atoms with van der Waals surface area (Å²) in [6, 6.07) is 14.1. The van der Waals surface area contributed by atoms with Gasteiger partial charge in [0.05, 0.1) is 22.6 Å². The summed E-state index contributed by atoms with van der Waals surface area (Å²) >= 11 is 6.72. The van der Waals surface area contributed by atoms with Crippen molar-refractivity contribution in [2.24, 2.45) is 30.5 Å². The average Bonchev–Trinajstić information content (AvgIpc) is 3.90. The van der Waals surface area contributed by atoms with E-state index in [1.165, 1.54) is 33.8 Å². The molecule has 0 radical (unpaired) electrons. The van der Waals surface area contributed by atoms with Crippen LogP contribution in [0.15, 0.2) is 54.6 Å². The van der Waals surface area contributed by atoms with Crippen molar-refractivity contribution in [3.05, 3.63) is 105 Å². The van der Waals surface area contributed by atoms with Crippen molar-refractivity contribution in [3.8, 4) is 22.6 Å². The summed E-state index contributed by atoms with van der Waals surface area (Å²) in [5.41, 5.74) is 5.31. The number of nitrogens with two attached hydrogens (primary N) is 1. The molecule has 0 spiro atoms. The number of imide groups is 1. The van der Waals surface area contributed by atoms with Gasteiger partial charge in [-0.2, -0.15) is 5.10 Å². The van der Waals surface area contributed by atoms with Crippen molar-refractivity contribution in [2.45, 2.75) is 87.8 Å².